The first-order valence-corrected chi connectivity index (χ1v) is 9.61. The van der Waals surface area contributed by atoms with Crippen molar-refractivity contribution in [1.82, 2.24) is 10.2 Å². The summed E-state index contributed by atoms with van der Waals surface area (Å²) in [6.07, 6.45) is 4.22. The van der Waals surface area contributed by atoms with Gasteiger partial charge in [0.15, 0.2) is 9.84 Å². The number of sulfone groups is 1. The van der Waals surface area contributed by atoms with Gasteiger partial charge in [-0.05, 0) is 50.4 Å². The van der Waals surface area contributed by atoms with E-state index in [0.29, 0.717) is 11.1 Å². The van der Waals surface area contributed by atoms with Gasteiger partial charge in [-0.15, -0.1) is 12.4 Å². The Hall–Kier alpha value is -1.11. The van der Waals surface area contributed by atoms with Crippen LogP contribution >= 0.6 is 12.4 Å². The van der Waals surface area contributed by atoms with E-state index < -0.39 is 9.84 Å². The Kier molecular flexibility index (Phi) is 5.38. The van der Waals surface area contributed by atoms with Gasteiger partial charge in [0.25, 0.3) is 5.91 Å². The average molecular weight is 359 g/mol. The Labute approximate surface area is 143 Å². The third-order valence-corrected chi connectivity index (χ3v) is 5.96. The molecule has 1 N–H and O–H groups in total. The van der Waals surface area contributed by atoms with E-state index in [1.807, 2.05) is 4.90 Å². The molecule has 0 saturated carbocycles. The van der Waals surface area contributed by atoms with Gasteiger partial charge in [-0.25, -0.2) is 8.42 Å². The first kappa shape index (κ1) is 18.2. The highest BCUT2D eigenvalue weighted by atomic mass is 35.5. The number of carbonyl (C=O) groups is 1. The van der Waals surface area contributed by atoms with E-state index in [1.54, 1.807) is 19.1 Å². The topological polar surface area (TPSA) is 66.5 Å². The van der Waals surface area contributed by atoms with E-state index in [9.17, 15) is 13.2 Å². The molecule has 0 aliphatic carbocycles. The van der Waals surface area contributed by atoms with E-state index in [0.717, 1.165) is 32.4 Å². The Bertz CT molecular complexity index is 691. The summed E-state index contributed by atoms with van der Waals surface area (Å²) in [6.45, 7) is 3.52. The summed E-state index contributed by atoms with van der Waals surface area (Å²) in [6, 6.07) is 5.50. The Morgan fingerprint density at radius 2 is 1.91 bits per heavy atom. The summed E-state index contributed by atoms with van der Waals surface area (Å²) in [5, 5.41) is 3.37. The molecule has 0 spiro atoms. The van der Waals surface area contributed by atoms with Crippen LogP contribution in [0.2, 0.25) is 0 Å². The molecule has 5 nitrogen and oxygen atoms in total. The fourth-order valence-electron chi connectivity index (χ4n) is 3.60. The smallest absolute Gasteiger partial charge is 0.254 e. The number of halogens is 1. The van der Waals surface area contributed by atoms with Gasteiger partial charge in [0.05, 0.1) is 4.90 Å². The number of hydrogen-bond donors (Lipinski definition) is 1. The van der Waals surface area contributed by atoms with Crippen LogP contribution in [0.25, 0.3) is 0 Å². The van der Waals surface area contributed by atoms with Gasteiger partial charge >= 0.3 is 0 Å². The van der Waals surface area contributed by atoms with Gasteiger partial charge in [0.1, 0.15) is 0 Å². The van der Waals surface area contributed by atoms with E-state index in [2.05, 4.69) is 5.32 Å². The van der Waals surface area contributed by atoms with Crippen LogP contribution in [0.3, 0.4) is 0 Å². The molecule has 128 valence electrons. The predicted octanol–water partition coefficient (Wildman–Crippen LogP) is 1.79. The summed E-state index contributed by atoms with van der Waals surface area (Å²) in [5.74, 6) is -0.0406. The van der Waals surface area contributed by atoms with Gasteiger partial charge in [0.2, 0.25) is 0 Å². The summed E-state index contributed by atoms with van der Waals surface area (Å²) >= 11 is 0. The maximum atomic E-state index is 12.9. The molecule has 7 heteroatoms. The van der Waals surface area contributed by atoms with Crippen LogP contribution in [0.5, 0.6) is 0 Å². The molecule has 2 aliphatic rings. The normalized spacial score (nSPS) is 24.0. The van der Waals surface area contributed by atoms with E-state index in [-0.39, 0.29) is 35.3 Å². The van der Waals surface area contributed by atoms with Crippen LogP contribution in [0.4, 0.5) is 0 Å². The Balaban J connectivity index is 0.00000192. The van der Waals surface area contributed by atoms with Crippen molar-refractivity contribution in [3.63, 3.8) is 0 Å². The molecule has 2 fully saturated rings. The average Bonchev–Trinajstić information content (AvgIpc) is 2.70. The maximum Gasteiger partial charge on any atom is 0.254 e. The minimum atomic E-state index is -3.32. The van der Waals surface area contributed by atoms with Gasteiger partial charge < -0.3 is 10.2 Å². The maximum absolute atomic E-state index is 12.9. The van der Waals surface area contributed by atoms with Crippen LogP contribution in [0, 0.1) is 6.92 Å². The summed E-state index contributed by atoms with van der Waals surface area (Å²) in [4.78, 5) is 15.1. The van der Waals surface area contributed by atoms with Gasteiger partial charge in [-0.1, -0.05) is 6.07 Å². The third-order valence-electron chi connectivity index (χ3n) is 4.72. The van der Waals surface area contributed by atoms with Crippen LogP contribution in [-0.2, 0) is 9.84 Å². The lowest BCUT2D eigenvalue weighted by atomic mass is 10.1. The number of nitrogens with zero attached hydrogens (tertiary/aromatic N) is 1. The molecule has 2 saturated heterocycles. The highest BCUT2D eigenvalue weighted by Crippen LogP contribution is 2.30. The predicted molar refractivity (Wildman–Crippen MR) is 92.0 cm³/mol. The molecule has 1 aromatic rings. The minimum Gasteiger partial charge on any atom is -0.331 e. The standard InChI is InChI=1S/C16H22N2O3S.ClH/c1-11-3-4-12(9-15(11)22(2,20)21)16(19)18-13-5-6-14(18)10-17-8-7-13;/h3-4,9,13-14,17H,5-8,10H2,1-2H3;1H. The second kappa shape index (κ2) is 6.79. The largest absolute Gasteiger partial charge is 0.331 e. The fraction of sp³-hybridized carbons (Fsp3) is 0.562. The highest BCUT2D eigenvalue weighted by Gasteiger charge is 2.38. The van der Waals surface area contributed by atoms with Crippen LogP contribution in [-0.4, -0.2) is 50.7 Å². The molecular weight excluding hydrogens is 336 g/mol. The molecule has 23 heavy (non-hydrogen) atoms. The monoisotopic (exact) mass is 358 g/mol. The number of nitrogens with one attached hydrogen (secondary N) is 1. The van der Waals surface area contributed by atoms with Crippen molar-refractivity contribution in [3.8, 4) is 0 Å². The van der Waals surface area contributed by atoms with Crippen molar-refractivity contribution in [2.24, 2.45) is 0 Å². The summed E-state index contributed by atoms with van der Waals surface area (Å²) < 4.78 is 23.7. The SMILES string of the molecule is Cc1ccc(C(=O)N2C3CCNCC2CC3)cc1S(C)(=O)=O.Cl. The lowest BCUT2D eigenvalue weighted by Gasteiger charge is -2.28. The molecule has 2 aliphatic heterocycles. The van der Waals surface area contributed by atoms with E-state index in [4.69, 9.17) is 0 Å². The zero-order chi connectivity index (χ0) is 15.9. The van der Waals surface area contributed by atoms with Gasteiger partial charge in [-0.3, -0.25) is 4.79 Å². The number of carbonyl (C=O) groups excluding carboxylic acids is 1. The molecule has 1 aromatic carbocycles. The van der Waals surface area contributed by atoms with Crippen molar-refractivity contribution in [1.29, 1.82) is 0 Å². The Morgan fingerprint density at radius 3 is 2.61 bits per heavy atom. The number of amides is 1. The van der Waals surface area contributed by atoms with E-state index >= 15 is 0 Å². The molecular formula is C16H23ClN2O3S. The number of fused-ring (bicyclic) bond motifs is 2. The van der Waals surface area contributed by atoms with Crippen molar-refractivity contribution >= 4 is 28.2 Å². The number of hydrogen-bond acceptors (Lipinski definition) is 4. The molecule has 2 unspecified atom stereocenters. The highest BCUT2D eigenvalue weighted by molar-refractivity contribution is 7.90. The molecule has 1 amide bonds. The Morgan fingerprint density at radius 1 is 1.22 bits per heavy atom. The number of aryl methyl sites for hydroxylation is 1. The number of rotatable bonds is 2. The third kappa shape index (κ3) is 3.54. The first-order chi connectivity index (χ1) is 10.4. The molecule has 2 atom stereocenters. The lowest BCUT2D eigenvalue weighted by Crippen LogP contribution is -2.42. The fourth-order valence-corrected chi connectivity index (χ4v) is 4.59. The summed E-state index contributed by atoms with van der Waals surface area (Å²) in [7, 11) is -3.32. The second-order valence-corrected chi connectivity index (χ2v) is 8.33. The lowest BCUT2D eigenvalue weighted by molar-refractivity contribution is 0.0680. The number of benzene rings is 1. The van der Waals surface area contributed by atoms with Crippen LogP contribution < -0.4 is 5.32 Å². The molecule has 0 radical (unpaired) electrons. The molecule has 2 bridgehead atoms. The van der Waals surface area contributed by atoms with Crippen molar-refractivity contribution in [2.75, 3.05) is 19.3 Å². The minimum absolute atomic E-state index is 0. The zero-order valence-electron chi connectivity index (χ0n) is 13.4. The molecule has 0 aromatic heterocycles. The van der Waals surface area contributed by atoms with Gasteiger partial charge in [0, 0.05) is 30.4 Å². The van der Waals surface area contributed by atoms with Crippen molar-refractivity contribution in [3.05, 3.63) is 29.3 Å². The van der Waals surface area contributed by atoms with Crippen LogP contribution in [0.15, 0.2) is 23.1 Å². The quantitative estimate of drug-likeness (QED) is 0.875. The zero-order valence-corrected chi connectivity index (χ0v) is 15.0. The van der Waals surface area contributed by atoms with Crippen molar-refractivity contribution in [2.45, 2.75) is 43.2 Å². The van der Waals surface area contributed by atoms with Crippen LogP contribution in [0.1, 0.15) is 35.2 Å². The van der Waals surface area contributed by atoms with E-state index in [1.165, 1.54) is 12.3 Å². The molecule has 2 heterocycles. The first-order valence-electron chi connectivity index (χ1n) is 7.72. The molecule has 3 rings (SSSR count). The van der Waals surface area contributed by atoms with Gasteiger partial charge in [-0.2, -0.15) is 0 Å². The van der Waals surface area contributed by atoms with Crippen molar-refractivity contribution < 1.29 is 13.2 Å². The summed E-state index contributed by atoms with van der Waals surface area (Å²) in [5.41, 5.74) is 1.16. The second-order valence-electron chi connectivity index (χ2n) is 6.34.